The Morgan fingerprint density at radius 2 is 1.96 bits per heavy atom. The second-order valence-electron chi connectivity index (χ2n) is 6.90. The Labute approximate surface area is 143 Å². The van der Waals surface area contributed by atoms with Gasteiger partial charge in [-0.2, -0.15) is 0 Å². The predicted molar refractivity (Wildman–Crippen MR) is 98.8 cm³/mol. The molecule has 0 spiro atoms. The lowest BCUT2D eigenvalue weighted by Gasteiger charge is -2.25. The number of benzene rings is 2. The number of rotatable bonds is 3. The molecule has 0 aliphatic heterocycles. The van der Waals surface area contributed by atoms with Crippen molar-refractivity contribution in [2.24, 2.45) is 0 Å². The molecular formula is C22H23NO. The summed E-state index contributed by atoms with van der Waals surface area (Å²) >= 11 is 0. The molecule has 1 aromatic heterocycles. The fraction of sp³-hybridized carbons (Fsp3) is 0.318. The molecule has 0 N–H and O–H groups in total. The summed E-state index contributed by atoms with van der Waals surface area (Å²) in [6, 6.07) is 14.9. The zero-order valence-electron chi connectivity index (χ0n) is 14.4. The molecule has 2 aromatic carbocycles. The van der Waals surface area contributed by atoms with Crippen molar-refractivity contribution in [2.45, 2.75) is 45.6 Å². The van der Waals surface area contributed by atoms with Gasteiger partial charge in [0.05, 0.1) is 5.52 Å². The first-order chi connectivity index (χ1) is 11.7. The molecule has 0 bridgehead atoms. The Kier molecular flexibility index (Phi) is 3.76. The van der Waals surface area contributed by atoms with Crippen LogP contribution in [0.4, 0.5) is 0 Å². The highest BCUT2D eigenvalue weighted by molar-refractivity contribution is 6.04. The van der Waals surface area contributed by atoms with Crippen LogP contribution in [-0.2, 0) is 13.0 Å². The molecule has 2 heteroatoms. The first kappa shape index (κ1) is 15.2. The highest BCUT2D eigenvalue weighted by Crippen LogP contribution is 2.39. The van der Waals surface area contributed by atoms with E-state index in [1.165, 1.54) is 27.6 Å². The Morgan fingerprint density at radius 3 is 2.71 bits per heavy atom. The average Bonchev–Trinajstić information content (AvgIpc) is 3.02. The molecule has 0 saturated heterocycles. The number of ketones is 1. The topological polar surface area (TPSA) is 22.0 Å². The summed E-state index contributed by atoms with van der Waals surface area (Å²) in [7, 11) is 0. The van der Waals surface area contributed by atoms with E-state index >= 15 is 0 Å². The highest BCUT2D eigenvalue weighted by atomic mass is 16.1. The van der Waals surface area contributed by atoms with Gasteiger partial charge in [-0.3, -0.25) is 4.79 Å². The van der Waals surface area contributed by atoms with Crippen LogP contribution in [0.5, 0.6) is 0 Å². The van der Waals surface area contributed by atoms with Crippen LogP contribution in [0, 0.1) is 0 Å². The largest absolute Gasteiger partial charge is 0.343 e. The number of carbonyl (C=O) groups is 1. The minimum absolute atomic E-state index is 0.312. The molecule has 1 heterocycles. The van der Waals surface area contributed by atoms with Crippen LogP contribution < -0.4 is 0 Å². The SMILES string of the molecule is CCc1cc2c(c3c1ccn3Cc1ccccc1)C(C)CCC2=O. The maximum absolute atomic E-state index is 12.5. The molecule has 1 unspecified atom stereocenters. The van der Waals surface area contributed by atoms with Gasteiger partial charge in [-0.1, -0.05) is 44.2 Å². The highest BCUT2D eigenvalue weighted by Gasteiger charge is 2.27. The maximum Gasteiger partial charge on any atom is 0.163 e. The van der Waals surface area contributed by atoms with Crippen LogP contribution in [0.3, 0.4) is 0 Å². The van der Waals surface area contributed by atoms with E-state index in [0.29, 0.717) is 18.1 Å². The number of hydrogen-bond acceptors (Lipinski definition) is 1. The standard InChI is InChI=1S/C22H23NO/c1-3-17-13-19-20(24)10-9-15(2)21(19)22-18(17)11-12-23(22)14-16-7-5-4-6-8-16/h4-8,11-13,15H,3,9-10,14H2,1-2H3. The van der Waals surface area contributed by atoms with E-state index in [4.69, 9.17) is 0 Å². The molecule has 1 aliphatic carbocycles. The van der Waals surface area contributed by atoms with Crippen LogP contribution in [0.2, 0.25) is 0 Å². The smallest absolute Gasteiger partial charge is 0.163 e. The zero-order chi connectivity index (χ0) is 16.7. The normalized spacial score (nSPS) is 17.2. The lowest BCUT2D eigenvalue weighted by atomic mass is 9.80. The summed E-state index contributed by atoms with van der Waals surface area (Å²) in [5.41, 5.74) is 6.08. The van der Waals surface area contributed by atoms with E-state index in [1.807, 2.05) is 0 Å². The Hall–Kier alpha value is -2.35. The van der Waals surface area contributed by atoms with E-state index in [-0.39, 0.29) is 0 Å². The molecule has 0 amide bonds. The number of aryl methyl sites for hydroxylation is 1. The van der Waals surface area contributed by atoms with E-state index in [1.54, 1.807) is 0 Å². The number of nitrogens with zero attached hydrogens (tertiary/aromatic N) is 1. The van der Waals surface area contributed by atoms with Crippen molar-refractivity contribution < 1.29 is 4.79 Å². The molecule has 2 nitrogen and oxygen atoms in total. The lowest BCUT2D eigenvalue weighted by Crippen LogP contribution is -2.16. The van der Waals surface area contributed by atoms with E-state index in [0.717, 1.165) is 24.9 Å². The van der Waals surface area contributed by atoms with Gasteiger partial charge in [-0.05, 0) is 47.6 Å². The third-order valence-electron chi connectivity index (χ3n) is 5.35. The van der Waals surface area contributed by atoms with Gasteiger partial charge in [0, 0.05) is 30.1 Å². The summed E-state index contributed by atoms with van der Waals surface area (Å²) in [6.45, 7) is 5.29. The van der Waals surface area contributed by atoms with E-state index < -0.39 is 0 Å². The average molecular weight is 317 g/mol. The molecule has 0 fully saturated rings. The summed E-state index contributed by atoms with van der Waals surface area (Å²) in [4.78, 5) is 12.5. The molecule has 4 rings (SSSR count). The van der Waals surface area contributed by atoms with Gasteiger partial charge in [-0.15, -0.1) is 0 Å². The van der Waals surface area contributed by atoms with Crippen LogP contribution >= 0.6 is 0 Å². The summed E-state index contributed by atoms with van der Waals surface area (Å²) in [5.74, 6) is 0.752. The molecule has 1 atom stereocenters. The lowest BCUT2D eigenvalue weighted by molar-refractivity contribution is 0.0968. The molecule has 24 heavy (non-hydrogen) atoms. The van der Waals surface area contributed by atoms with Crippen molar-refractivity contribution >= 4 is 16.7 Å². The number of aromatic nitrogens is 1. The van der Waals surface area contributed by atoms with Crippen molar-refractivity contribution in [1.82, 2.24) is 4.57 Å². The third-order valence-corrected chi connectivity index (χ3v) is 5.35. The Balaban J connectivity index is 1.96. The van der Waals surface area contributed by atoms with Gasteiger partial charge < -0.3 is 4.57 Å². The van der Waals surface area contributed by atoms with Gasteiger partial charge in [0.15, 0.2) is 5.78 Å². The quantitative estimate of drug-likeness (QED) is 0.640. The van der Waals surface area contributed by atoms with Crippen molar-refractivity contribution in [3.8, 4) is 0 Å². The zero-order valence-corrected chi connectivity index (χ0v) is 14.4. The minimum atomic E-state index is 0.312. The maximum atomic E-state index is 12.5. The first-order valence-electron chi connectivity index (χ1n) is 8.90. The van der Waals surface area contributed by atoms with Crippen LogP contribution in [-0.4, -0.2) is 10.4 Å². The van der Waals surface area contributed by atoms with Crippen molar-refractivity contribution in [3.63, 3.8) is 0 Å². The summed E-state index contributed by atoms with van der Waals surface area (Å²) in [5, 5.41) is 1.31. The minimum Gasteiger partial charge on any atom is -0.343 e. The van der Waals surface area contributed by atoms with Gasteiger partial charge in [0.1, 0.15) is 0 Å². The molecule has 122 valence electrons. The van der Waals surface area contributed by atoms with Gasteiger partial charge in [-0.25, -0.2) is 0 Å². The van der Waals surface area contributed by atoms with Crippen LogP contribution in [0.1, 0.15) is 59.7 Å². The first-order valence-corrected chi connectivity index (χ1v) is 8.90. The van der Waals surface area contributed by atoms with Crippen LogP contribution in [0.25, 0.3) is 10.9 Å². The predicted octanol–water partition coefficient (Wildman–Crippen LogP) is 5.33. The van der Waals surface area contributed by atoms with Crippen molar-refractivity contribution in [3.05, 3.63) is 70.9 Å². The van der Waals surface area contributed by atoms with E-state index in [2.05, 4.69) is 67.1 Å². The monoisotopic (exact) mass is 317 g/mol. The molecule has 0 radical (unpaired) electrons. The summed E-state index contributed by atoms with van der Waals surface area (Å²) < 4.78 is 2.33. The number of carbonyl (C=O) groups excluding carboxylic acids is 1. The number of fused-ring (bicyclic) bond motifs is 3. The fourth-order valence-electron chi connectivity index (χ4n) is 4.05. The van der Waals surface area contributed by atoms with Gasteiger partial charge in [0.25, 0.3) is 0 Å². The van der Waals surface area contributed by atoms with E-state index in [9.17, 15) is 4.79 Å². The Morgan fingerprint density at radius 1 is 1.17 bits per heavy atom. The van der Waals surface area contributed by atoms with Gasteiger partial charge >= 0.3 is 0 Å². The third kappa shape index (κ3) is 2.37. The molecular weight excluding hydrogens is 294 g/mol. The molecule has 3 aromatic rings. The fourth-order valence-corrected chi connectivity index (χ4v) is 4.05. The van der Waals surface area contributed by atoms with Crippen molar-refractivity contribution in [1.29, 1.82) is 0 Å². The van der Waals surface area contributed by atoms with Crippen molar-refractivity contribution in [2.75, 3.05) is 0 Å². The molecule has 1 aliphatic rings. The molecule has 0 saturated carbocycles. The summed E-state index contributed by atoms with van der Waals surface area (Å²) in [6.07, 6.45) is 4.79. The number of Topliss-reactive ketones (excluding diaryl/α,β-unsaturated/α-hetero) is 1. The van der Waals surface area contributed by atoms with Gasteiger partial charge in [0.2, 0.25) is 0 Å². The number of hydrogen-bond donors (Lipinski definition) is 0. The second kappa shape index (κ2) is 5.94. The second-order valence-corrected chi connectivity index (χ2v) is 6.90. The van der Waals surface area contributed by atoms with Crippen LogP contribution in [0.15, 0.2) is 48.7 Å². The Bertz CT molecular complexity index is 905.